The third kappa shape index (κ3) is 5.11. The van der Waals surface area contributed by atoms with Crippen molar-refractivity contribution in [1.82, 2.24) is 15.6 Å². The minimum absolute atomic E-state index is 0.0464. The van der Waals surface area contributed by atoms with Crippen LogP contribution in [0.15, 0.2) is 41.1 Å². The van der Waals surface area contributed by atoms with Crippen molar-refractivity contribution < 1.29 is 9.59 Å². The molecular formula is C18H19N3O2S2. The van der Waals surface area contributed by atoms with E-state index >= 15 is 0 Å². The van der Waals surface area contributed by atoms with Crippen LogP contribution in [0.2, 0.25) is 0 Å². The number of carbonyl (C=O) groups excluding carboxylic acids is 2. The number of aromatic nitrogens is 1. The van der Waals surface area contributed by atoms with Gasteiger partial charge in [0.1, 0.15) is 0 Å². The smallest absolute Gasteiger partial charge is 0.252 e. The number of hydrogen-bond donors (Lipinski definition) is 2. The first-order valence-corrected chi connectivity index (χ1v) is 9.90. The molecule has 0 unspecified atom stereocenters. The summed E-state index contributed by atoms with van der Waals surface area (Å²) in [5, 5.41) is 10.4. The molecule has 2 N–H and O–H groups in total. The van der Waals surface area contributed by atoms with E-state index in [9.17, 15) is 9.59 Å². The van der Waals surface area contributed by atoms with Crippen molar-refractivity contribution in [2.75, 3.05) is 13.1 Å². The van der Waals surface area contributed by atoms with Crippen molar-refractivity contribution >= 4 is 44.7 Å². The van der Waals surface area contributed by atoms with Crippen molar-refractivity contribution in [3.63, 3.8) is 0 Å². The van der Waals surface area contributed by atoms with E-state index in [1.54, 1.807) is 22.8 Å². The second-order valence-corrected chi connectivity index (χ2v) is 7.44. The highest BCUT2D eigenvalue weighted by atomic mass is 32.1. The number of aryl methyl sites for hydroxylation is 1. The largest absolute Gasteiger partial charge is 0.356 e. The number of nitrogens with one attached hydrogen (secondary N) is 2. The zero-order valence-electron chi connectivity index (χ0n) is 13.7. The first-order chi connectivity index (χ1) is 12.2. The monoisotopic (exact) mass is 373 g/mol. The van der Waals surface area contributed by atoms with Gasteiger partial charge in [0.25, 0.3) is 5.91 Å². The first-order valence-electron chi connectivity index (χ1n) is 8.14. The quantitative estimate of drug-likeness (QED) is 0.596. The average Bonchev–Trinajstić information content (AvgIpc) is 3.27. The third-order valence-corrected chi connectivity index (χ3v) is 5.43. The van der Waals surface area contributed by atoms with Gasteiger partial charge in [-0.3, -0.25) is 9.59 Å². The van der Waals surface area contributed by atoms with Crippen molar-refractivity contribution in [3.05, 3.63) is 51.7 Å². The van der Waals surface area contributed by atoms with Gasteiger partial charge in [0.05, 0.1) is 15.2 Å². The van der Waals surface area contributed by atoms with E-state index in [0.29, 0.717) is 18.7 Å². The van der Waals surface area contributed by atoms with E-state index in [1.165, 1.54) is 16.0 Å². The molecule has 7 heteroatoms. The molecular weight excluding hydrogens is 354 g/mol. The molecule has 25 heavy (non-hydrogen) atoms. The molecule has 1 aromatic carbocycles. The Morgan fingerprint density at radius 1 is 1.08 bits per heavy atom. The zero-order chi connectivity index (χ0) is 17.5. The van der Waals surface area contributed by atoms with Gasteiger partial charge in [-0.15, -0.1) is 11.3 Å². The number of amides is 2. The summed E-state index contributed by atoms with van der Waals surface area (Å²) in [6.45, 7) is 0.964. The average molecular weight is 374 g/mol. The van der Waals surface area contributed by atoms with E-state index in [0.717, 1.165) is 23.4 Å². The molecule has 3 rings (SSSR count). The molecule has 0 saturated carbocycles. The SMILES string of the molecule is O=C(CCNC(=O)c1ccsc1)NCCCc1nc2ccccc2s1. The molecule has 0 radical (unpaired) electrons. The van der Waals surface area contributed by atoms with Crippen LogP contribution in [0.25, 0.3) is 10.2 Å². The molecule has 3 aromatic rings. The number of carbonyl (C=O) groups is 2. The standard InChI is InChI=1S/C18H19N3O2S2/c22-16(7-10-20-18(23)13-8-11-24-12-13)19-9-3-6-17-21-14-4-1-2-5-15(14)25-17/h1-2,4-5,8,11-12H,3,6-7,9-10H2,(H,19,22)(H,20,23). The number of benzene rings is 1. The second kappa shape index (κ2) is 8.73. The summed E-state index contributed by atoms with van der Waals surface area (Å²) in [6, 6.07) is 9.86. The summed E-state index contributed by atoms with van der Waals surface area (Å²) >= 11 is 3.18. The Morgan fingerprint density at radius 3 is 2.76 bits per heavy atom. The lowest BCUT2D eigenvalue weighted by atomic mass is 10.3. The fraction of sp³-hybridized carbons (Fsp3) is 0.278. The Kier molecular flexibility index (Phi) is 6.14. The van der Waals surface area contributed by atoms with Gasteiger partial charge in [-0.25, -0.2) is 4.98 Å². The summed E-state index contributed by atoms with van der Waals surface area (Å²) in [5.41, 5.74) is 1.68. The zero-order valence-corrected chi connectivity index (χ0v) is 15.3. The van der Waals surface area contributed by atoms with Crippen LogP contribution >= 0.6 is 22.7 Å². The van der Waals surface area contributed by atoms with Gasteiger partial charge in [0.2, 0.25) is 5.91 Å². The lowest BCUT2D eigenvalue weighted by Crippen LogP contribution is -2.31. The lowest BCUT2D eigenvalue weighted by Gasteiger charge is -2.05. The molecule has 130 valence electrons. The third-order valence-electron chi connectivity index (χ3n) is 3.65. The van der Waals surface area contributed by atoms with Crippen molar-refractivity contribution in [2.24, 2.45) is 0 Å². The highest BCUT2D eigenvalue weighted by molar-refractivity contribution is 7.18. The summed E-state index contributed by atoms with van der Waals surface area (Å²) in [5.74, 6) is -0.181. The predicted octanol–water partition coefficient (Wildman–Crippen LogP) is 3.23. The van der Waals surface area contributed by atoms with Crippen LogP contribution in [0.3, 0.4) is 0 Å². The topological polar surface area (TPSA) is 71.1 Å². The minimum atomic E-state index is -0.134. The maximum Gasteiger partial charge on any atom is 0.252 e. The Hall–Kier alpha value is -2.25. The van der Waals surface area contributed by atoms with Crippen LogP contribution in [-0.4, -0.2) is 29.9 Å². The Bertz CT molecular complexity index is 810. The number of rotatable bonds is 8. The van der Waals surface area contributed by atoms with Gasteiger partial charge < -0.3 is 10.6 Å². The van der Waals surface area contributed by atoms with Gasteiger partial charge >= 0.3 is 0 Å². The lowest BCUT2D eigenvalue weighted by molar-refractivity contribution is -0.120. The van der Waals surface area contributed by atoms with Gasteiger partial charge in [0.15, 0.2) is 0 Å². The maximum absolute atomic E-state index is 11.8. The Labute approximate surface area is 154 Å². The van der Waals surface area contributed by atoms with Crippen LogP contribution in [0, 0.1) is 0 Å². The van der Waals surface area contributed by atoms with E-state index in [4.69, 9.17) is 0 Å². The molecule has 0 fully saturated rings. The molecule has 0 spiro atoms. The van der Waals surface area contributed by atoms with E-state index in [2.05, 4.69) is 21.7 Å². The molecule has 2 aromatic heterocycles. The predicted molar refractivity (Wildman–Crippen MR) is 102 cm³/mol. The highest BCUT2D eigenvalue weighted by Gasteiger charge is 2.07. The molecule has 0 atom stereocenters. The number of nitrogens with zero attached hydrogens (tertiary/aromatic N) is 1. The van der Waals surface area contributed by atoms with Crippen LogP contribution in [0.1, 0.15) is 28.2 Å². The van der Waals surface area contributed by atoms with Gasteiger partial charge in [-0.1, -0.05) is 12.1 Å². The summed E-state index contributed by atoms with van der Waals surface area (Å²) in [4.78, 5) is 28.1. The Balaban J connectivity index is 1.30. The summed E-state index contributed by atoms with van der Waals surface area (Å²) in [6.07, 6.45) is 2.00. The number of fused-ring (bicyclic) bond motifs is 1. The molecule has 0 aliphatic carbocycles. The number of para-hydroxylation sites is 1. The van der Waals surface area contributed by atoms with E-state index in [-0.39, 0.29) is 18.2 Å². The molecule has 5 nitrogen and oxygen atoms in total. The van der Waals surface area contributed by atoms with Crippen molar-refractivity contribution in [1.29, 1.82) is 0 Å². The molecule has 0 bridgehead atoms. The minimum Gasteiger partial charge on any atom is -0.356 e. The maximum atomic E-state index is 11.8. The van der Waals surface area contributed by atoms with Crippen LogP contribution in [0.4, 0.5) is 0 Å². The van der Waals surface area contributed by atoms with Gasteiger partial charge in [0, 0.05) is 36.9 Å². The highest BCUT2D eigenvalue weighted by Crippen LogP contribution is 2.22. The normalized spacial score (nSPS) is 10.7. The molecule has 0 saturated heterocycles. The fourth-order valence-electron chi connectivity index (χ4n) is 2.37. The molecule has 2 heterocycles. The molecule has 0 aliphatic heterocycles. The van der Waals surface area contributed by atoms with Crippen molar-refractivity contribution in [2.45, 2.75) is 19.3 Å². The number of hydrogen-bond acceptors (Lipinski definition) is 5. The van der Waals surface area contributed by atoms with Crippen LogP contribution < -0.4 is 10.6 Å². The van der Waals surface area contributed by atoms with Gasteiger partial charge in [-0.2, -0.15) is 11.3 Å². The van der Waals surface area contributed by atoms with E-state index < -0.39 is 0 Å². The Morgan fingerprint density at radius 2 is 1.96 bits per heavy atom. The van der Waals surface area contributed by atoms with Crippen LogP contribution in [0.5, 0.6) is 0 Å². The summed E-state index contributed by atoms with van der Waals surface area (Å²) < 4.78 is 1.20. The van der Waals surface area contributed by atoms with Crippen LogP contribution in [-0.2, 0) is 11.2 Å². The number of thiophene rings is 1. The fourth-order valence-corrected chi connectivity index (χ4v) is 4.01. The summed E-state index contributed by atoms with van der Waals surface area (Å²) in [7, 11) is 0. The van der Waals surface area contributed by atoms with E-state index in [1.807, 2.05) is 23.6 Å². The molecule has 0 aliphatic rings. The second-order valence-electron chi connectivity index (χ2n) is 5.55. The molecule has 2 amide bonds. The number of thiazole rings is 1. The van der Waals surface area contributed by atoms with Crippen molar-refractivity contribution in [3.8, 4) is 0 Å². The van der Waals surface area contributed by atoms with Gasteiger partial charge in [-0.05, 0) is 30.0 Å². The first kappa shape index (κ1) is 17.6.